The molecule has 0 nitrogen and oxygen atoms in total. The average Bonchev–Trinajstić information content (AvgIpc) is 1.94. The average molecular weight is 178 g/mol. The normalized spacial score (nSPS) is 10.7. The molecule has 0 bridgehead atoms. The van der Waals surface area contributed by atoms with Crippen LogP contribution in [0.15, 0.2) is 23.1 Å². The Morgan fingerprint density at radius 2 is 2.00 bits per heavy atom. The highest BCUT2D eigenvalue weighted by molar-refractivity contribution is 8.00. The molecule has 0 aliphatic carbocycles. The van der Waals surface area contributed by atoms with E-state index in [1.54, 1.807) is 0 Å². The van der Waals surface area contributed by atoms with E-state index in [-0.39, 0.29) is 0 Å². The monoisotopic (exact) mass is 178 g/mol. The molecule has 0 saturated carbocycles. The quantitative estimate of drug-likeness (QED) is 0.491. The zero-order chi connectivity index (χ0) is 9.14. The van der Waals surface area contributed by atoms with Gasteiger partial charge in [-0.15, -0.1) is 11.8 Å². The van der Waals surface area contributed by atoms with Crippen LogP contribution < -0.4 is 5.46 Å². The van der Waals surface area contributed by atoms with Crippen molar-refractivity contribution in [2.75, 3.05) is 0 Å². The molecule has 1 rings (SSSR count). The predicted octanol–water partition coefficient (Wildman–Crippen LogP) is 1.75. The van der Waals surface area contributed by atoms with Gasteiger partial charge in [0, 0.05) is 10.1 Å². The third kappa shape index (κ3) is 2.60. The zero-order valence-corrected chi connectivity index (χ0v) is 9.03. The molecule has 0 saturated heterocycles. The lowest BCUT2D eigenvalue weighted by molar-refractivity contribution is 1.10. The van der Waals surface area contributed by atoms with Crippen molar-refractivity contribution in [2.45, 2.75) is 30.9 Å². The minimum absolute atomic E-state index is 0.673. The Morgan fingerprint density at radius 3 is 2.50 bits per heavy atom. The van der Waals surface area contributed by atoms with E-state index in [0.717, 1.165) is 0 Å². The third-order valence-electron chi connectivity index (χ3n) is 1.69. The number of rotatable bonds is 2. The summed E-state index contributed by atoms with van der Waals surface area (Å²) in [6.07, 6.45) is 0. The molecule has 0 spiro atoms. The molecule has 0 heterocycles. The molecule has 0 aliphatic rings. The first-order valence-corrected chi connectivity index (χ1v) is 5.21. The molecule has 0 N–H and O–H groups in total. The van der Waals surface area contributed by atoms with Crippen LogP contribution in [0.5, 0.6) is 0 Å². The molecule has 0 radical (unpaired) electrons. The molecule has 0 aliphatic heterocycles. The van der Waals surface area contributed by atoms with Gasteiger partial charge in [-0.2, -0.15) is 0 Å². The molecule has 12 heavy (non-hydrogen) atoms. The van der Waals surface area contributed by atoms with E-state index >= 15 is 0 Å². The van der Waals surface area contributed by atoms with Crippen molar-refractivity contribution in [1.82, 2.24) is 0 Å². The number of thioether (sulfide) groups is 1. The standard InChI is InChI=1S/C10H15BS/c1-7(2)12-10-5-4-9(11)6-8(10)3/h4-7H,11H2,1-3H3. The second kappa shape index (κ2) is 4.04. The van der Waals surface area contributed by atoms with Crippen LogP contribution in [0.3, 0.4) is 0 Å². The van der Waals surface area contributed by atoms with Crippen molar-refractivity contribution in [3.8, 4) is 0 Å². The summed E-state index contributed by atoms with van der Waals surface area (Å²) >= 11 is 1.93. The topological polar surface area (TPSA) is 0 Å². The maximum atomic E-state index is 2.24. The first-order valence-electron chi connectivity index (χ1n) is 4.33. The minimum atomic E-state index is 0.673. The third-order valence-corrected chi connectivity index (χ3v) is 2.88. The Hall–Kier alpha value is -0.365. The van der Waals surface area contributed by atoms with E-state index < -0.39 is 0 Å². The predicted molar refractivity (Wildman–Crippen MR) is 60.4 cm³/mol. The minimum Gasteiger partial charge on any atom is -0.123 e. The molecule has 2 heteroatoms. The van der Waals surface area contributed by atoms with Crippen LogP contribution in [0, 0.1) is 6.92 Å². The van der Waals surface area contributed by atoms with Gasteiger partial charge in [0.15, 0.2) is 0 Å². The van der Waals surface area contributed by atoms with Gasteiger partial charge in [0.1, 0.15) is 7.85 Å². The van der Waals surface area contributed by atoms with Gasteiger partial charge in [0.25, 0.3) is 0 Å². The first kappa shape index (κ1) is 9.72. The lowest BCUT2D eigenvalue weighted by Crippen LogP contribution is -2.02. The molecule has 0 atom stereocenters. The highest BCUT2D eigenvalue weighted by Gasteiger charge is 2.01. The number of aryl methyl sites for hydroxylation is 1. The van der Waals surface area contributed by atoms with Crippen molar-refractivity contribution < 1.29 is 0 Å². The largest absolute Gasteiger partial charge is 0.139 e. The van der Waals surface area contributed by atoms with Crippen molar-refractivity contribution >= 4 is 25.1 Å². The highest BCUT2D eigenvalue weighted by atomic mass is 32.2. The zero-order valence-electron chi connectivity index (χ0n) is 8.22. The summed E-state index contributed by atoms with van der Waals surface area (Å²) in [6, 6.07) is 6.64. The van der Waals surface area contributed by atoms with Gasteiger partial charge >= 0.3 is 0 Å². The Morgan fingerprint density at radius 1 is 1.33 bits per heavy atom. The van der Waals surface area contributed by atoms with E-state index in [1.165, 1.54) is 15.9 Å². The second-order valence-electron chi connectivity index (χ2n) is 3.44. The lowest BCUT2D eigenvalue weighted by Gasteiger charge is -2.08. The van der Waals surface area contributed by atoms with E-state index in [0.29, 0.717) is 5.25 Å². The highest BCUT2D eigenvalue weighted by Crippen LogP contribution is 2.24. The van der Waals surface area contributed by atoms with Crippen molar-refractivity contribution in [2.24, 2.45) is 0 Å². The fraction of sp³-hybridized carbons (Fsp3) is 0.400. The maximum Gasteiger partial charge on any atom is 0.139 e. The van der Waals surface area contributed by atoms with Crippen molar-refractivity contribution in [1.29, 1.82) is 0 Å². The molecular formula is C10H15BS. The Bertz CT molecular complexity index is 269. The van der Waals surface area contributed by atoms with E-state index in [9.17, 15) is 0 Å². The van der Waals surface area contributed by atoms with Gasteiger partial charge in [-0.25, -0.2) is 0 Å². The molecular weight excluding hydrogens is 163 g/mol. The molecule has 0 unspecified atom stereocenters. The first-order chi connectivity index (χ1) is 5.59. The van der Waals surface area contributed by atoms with Crippen molar-refractivity contribution in [3.05, 3.63) is 23.8 Å². The molecule has 1 aromatic carbocycles. The summed E-state index contributed by atoms with van der Waals surface area (Å²) in [4.78, 5) is 1.41. The fourth-order valence-electron chi connectivity index (χ4n) is 1.19. The Balaban J connectivity index is 2.86. The van der Waals surface area contributed by atoms with Gasteiger partial charge in [-0.3, -0.25) is 0 Å². The van der Waals surface area contributed by atoms with Gasteiger partial charge in [0.2, 0.25) is 0 Å². The van der Waals surface area contributed by atoms with Crippen LogP contribution in [0.25, 0.3) is 0 Å². The van der Waals surface area contributed by atoms with Crippen LogP contribution in [-0.2, 0) is 0 Å². The van der Waals surface area contributed by atoms with E-state index in [1.807, 2.05) is 11.8 Å². The van der Waals surface area contributed by atoms with Crippen LogP contribution in [0.2, 0.25) is 0 Å². The fourth-order valence-corrected chi connectivity index (χ4v) is 2.08. The molecule has 1 aromatic rings. The van der Waals surface area contributed by atoms with Gasteiger partial charge in [-0.05, 0) is 18.6 Å². The summed E-state index contributed by atoms with van der Waals surface area (Å²) in [7, 11) is 2.14. The SMILES string of the molecule is Bc1ccc(SC(C)C)c(C)c1. The molecule has 0 fully saturated rings. The Labute approximate surface area is 80.2 Å². The summed E-state index contributed by atoms with van der Waals surface area (Å²) in [5.74, 6) is 0. The van der Waals surface area contributed by atoms with Crippen LogP contribution in [0.1, 0.15) is 19.4 Å². The van der Waals surface area contributed by atoms with Crippen LogP contribution in [-0.4, -0.2) is 13.1 Å². The van der Waals surface area contributed by atoms with Gasteiger partial charge in [0.05, 0.1) is 0 Å². The second-order valence-corrected chi connectivity index (χ2v) is 5.05. The summed E-state index contributed by atoms with van der Waals surface area (Å²) < 4.78 is 0. The van der Waals surface area contributed by atoms with E-state index in [4.69, 9.17) is 0 Å². The summed E-state index contributed by atoms with van der Waals surface area (Å²) in [6.45, 7) is 6.63. The lowest BCUT2D eigenvalue weighted by atomic mass is 9.95. The smallest absolute Gasteiger partial charge is 0.123 e. The van der Waals surface area contributed by atoms with E-state index in [2.05, 4.69) is 46.8 Å². The number of benzene rings is 1. The Kier molecular flexibility index (Phi) is 3.27. The maximum absolute atomic E-state index is 2.24. The van der Waals surface area contributed by atoms with Crippen molar-refractivity contribution in [3.63, 3.8) is 0 Å². The van der Waals surface area contributed by atoms with Gasteiger partial charge in [-0.1, -0.05) is 31.4 Å². The summed E-state index contributed by atoms with van der Waals surface area (Å²) in [5.41, 5.74) is 2.74. The number of hydrogen-bond acceptors (Lipinski definition) is 1. The molecule has 0 amide bonds. The molecule has 64 valence electrons. The summed E-state index contributed by atoms with van der Waals surface area (Å²) in [5, 5.41) is 0.673. The van der Waals surface area contributed by atoms with Crippen LogP contribution in [0.4, 0.5) is 0 Å². The van der Waals surface area contributed by atoms with Gasteiger partial charge < -0.3 is 0 Å². The van der Waals surface area contributed by atoms with Crippen LogP contribution >= 0.6 is 11.8 Å². The molecule has 0 aromatic heterocycles. The number of hydrogen-bond donors (Lipinski definition) is 0.